The largest absolute Gasteiger partial charge is 0.384 e. The van der Waals surface area contributed by atoms with Crippen LogP contribution in [0.2, 0.25) is 0 Å². The average Bonchev–Trinajstić information content (AvgIpc) is 2.90. The molecule has 2 aromatic heterocycles. The Morgan fingerprint density at radius 1 is 1.43 bits per heavy atom. The molecule has 3 rings (SSSR count). The Bertz CT molecular complexity index is 470. The highest BCUT2D eigenvalue weighted by Gasteiger charge is 2.22. The van der Waals surface area contributed by atoms with Gasteiger partial charge in [-0.25, -0.2) is 9.67 Å². The number of anilines is 1. The Kier molecular flexibility index (Phi) is 1.50. The summed E-state index contributed by atoms with van der Waals surface area (Å²) in [5.74, 6) is 1.37. The standard InChI is InChI=1S/C10H12N4/c11-9-4-3-8-5-12-14(10(8)13-9)6-7-1-2-7/h3-5,7H,1-2,6H2,(H2,11,13). The summed E-state index contributed by atoms with van der Waals surface area (Å²) in [7, 11) is 0. The number of nitrogens with zero attached hydrogens (tertiary/aromatic N) is 3. The van der Waals surface area contributed by atoms with E-state index in [4.69, 9.17) is 5.73 Å². The van der Waals surface area contributed by atoms with Crippen molar-refractivity contribution >= 4 is 16.9 Å². The molecule has 2 N–H and O–H groups in total. The van der Waals surface area contributed by atoms with Gasteiger partial charge in [-0.15, -0.1) is 0 Å². The van der Waals surface area contributed by atoms with Crippen molar-refractivity contribution in [1.82, 2.24) is 14.8 Å². The minimum Gasteiger partial charge on any atom is -0.384 e. The number of nitrogen functional groups attached to an aromatic ring is 1. The zero-order valence-electron chi connectivity index (χ0n) is 7.85. The first-order valence-electron chi connectivity index (χ1n) is 4.91. The Labute approximate surface area is 81.7 Å². The second kappa shape index (κ2) is 2.70. The van der Waals surface area contributed by atoms with Crippen LogP contribution in [0.25, 0.3) is 11.0 Å². The molecule has 1 saturated carbocycles. The van der Waals surface area contributed by atoms with Crippen LogP contribution in [0.15, 0.2) is 18.3 Å². The maximum absolute atomic E-state index is 5.65. The van der Waals surface area contributed by atoms with Gasteiger partial charge in [0.25, 0.3) is 0 Å². The van der Waals surface area contributed by atoms with E-state index in [0.29, 0.717) is 5.82 Å². The van der Waals surface area contributed by atoms with E-state index >= 15 is 0 Å². The minimum absolute atomic E-state index is 0.565. The molecule has 1 aliphatic rings. The van der Waals surface area contributed by atoms with E-state index in [2.05, 4.69) is 10.1 Å². The molecule has 72 valence electrons. The number of aromatic nitrogens is 3. The van der Waals surface area contributed by atoms with Crippen molar-refractivity contribution in [2.24, 2.45) is 5.92 Å². The fraction of sp³-hybridized carbons (Fsp3) is 0.400. The smallest absolute Gasteiger partial charge is 0.160 e. The third-order valence-corrected chi connectivity index (χ3v) is 2.64. The Morgan fingerprint density at radius 2 is 2.29 bits per heavy atom. The van der Waals surface area contributed by atoms with Gasteiger partial charge < -0.3 is 5.73 Å². The molecule has 2 heterocycles. The summed E-state index contributed by atoms with van der Waals surface area (Å²) in [6, 6.07) is 3.78. The van der Waals surface area contributed by atoms with Crippen LogP contribution in [0, 0.1) is 5.92 Å². The van der Waals surface area contributed by atoms with Crippen LogP contribution in [-0.4, -0.2) is 14.8 Å². The van der Waals surface area contributed by atoms with Gasteiger partial charge in [0.05, 0.1) is 6.20 Å². The number of hydrogen-bond acceptors (Lipinski definition) is 3. The maximum atomic E-state index is 5.65. The van der Waals surface area contributed by atoms with Crippen LogP contribution >= 0.6 is 0 Å². The summed E-state index contributed by atoms with van der Waals surface area (Å²) in [6.45, 7) is 0.986. The van der Waals surface area contributed by atoms with Gasteiger partial charge in [-0.2, -0.15) is 5.10 Å². The normalized spacial score (nSPS) is 16.3. The minimum atomic E-state index is 0.565. The Balaban J connectivity index is 2.08. The van der Waals surface area contributed by atoms with Crippen LogP contribution in [0.3, 0.4) is 0 Å². The Hall–Kier alpha value is -1.58. The molecular formula is C10H12N4. The van der Waals surface area contributed by atoms with E-state index in [9.17, 15) is 0 Å². The molecule has 4 heteroatoms. The monoisotopic (exact) mass is 188 g/mol. The molecule has 1 fully saturated rings. The topological polar surface area (TPSA) is 56.7 Å². The number of pyridine rings is 1. The molecule has 0 radical (unpaired) electrons. The van der Waals surface area contributed by atoms with Gasteiger partial charge >= 0.3 is 0 Å². The second-order valence-electron chi connectivity index (χ2n) is 3.92. The first kappa shape index (κ1) is 7.79. The van der Waals surface area contributed by atoms with Gasteiger partial charge in [0.15, 0.2) is 5.65 Å². The summed E-state index contributed by atoms with van der Waals surface area (Å²) in [5.41, 5.74) is 6.56. The van der Waals surface area contributed by atoms with Gasteiger partial charge in [0.2, 0.25) is 0 Å². The van der Waals surface area contributed by atoms with E-state index in [0.717, 1.165) is 23.5 Å². The maximum Gasteiger partial charge on any atom is 0.160 e. The van der Waals surface area contributed by atoms with Crippen molar-refractivity contribution in [2.45, 2.75) is 19.4 Å². The highest BCUT2D eigenvalue weighted by molar-refractivity contribution is 5.76. The third kappa shape index (κ3) is 1.23. The van der Waals surface area contributed by atoms with Crippen LogP contribution in [-0.2, 0) is 6.54 Å². The van der Waals surface area contributed by atoms with E-state index in [1.165, 1.54) is 12.8 Å². The predicted molar refractivity (Wildman–Crippen MR) is 54.7 cm³/mol. The summed E-state index contributed by atoms with van der Waals surface area (Å²) in [5, 5.41) is 5.38. The SMILES string of the molecule is Nc1ccc2cnn(CC3CC3)c2n1. The van der Waals surface area contributed by atoms with Crippen molar-refractivity contribution in [3.8, 4) is 0 Å². The lowest BCUT2D eigenvalue weighted by atomic mass is 10.3. The first-order chi connectivity index (χ1) is 6.83. The summed E-state index contributed by atoms with van der Waals surface area (Å²) in [6.07, 6.45) is 4.50. The van der Waals surface area contributed by atoms with Gasteiger partial charge in [0, 0.05) is 11.9 Å². The molecule has 1 aliphatic carbocycles. The molecule has 0 bridgehead atoms. The van der Waals surface area contributed by atoms with E-state index in [-0.39, 0.29) is 0 Å². The quantitative estimate of drug-likeness (QED) is 0.775. The molecule has 0 unspecified atom stereocenters. The van der Waals surface area contributed by atoms with Gasteiger partial charge in [-0.05, 0) is 30.9 Å². The molecule has 0 spiro atoms. The summed E-state index contributed by atoms with van der Waals surface area (Å²) >= 11 is 0. The zero-order valence-corrected chi connectivity index (χ0v) is 7.85. The molecule has 0 aromatic carbocycles. The molecular weight excluding hydrogens is 176 g/mol. The average molecular weight is 188 g/mol. The fourth-order valence-electron chi connectivity index (χ4n) is 1.65. The summed E-state index contributed by atoms with van der Waals surface area (Å²) in [4.78, 5) is 4.29. The Morgan fingerprint density at radius 3 is 3.07 bits per heavy atom. The van der Waals surface area contributed by atoms with Crippen molar-refractivity contribution < 1.29 is 0 Å². The summed E-state index contributed by atoms with van der Waals surface area (Å²) < 4.78 is 1.96. The number of rotatable bonds is 2. The van der Waals surface area contributed by atoms with Gasteiger partial charge in [0.1, 0.15) is 5.82 Å². The number of fused-ring (bicyclic) bond motifs is 1. The molecule has 2 aromatic rings. The zero-order chi connectivity index (χ0) is 9.54. The van der Waals surface area contributed by atoms with Crippen LogP contribution in [0.4, 0.5) is 5.82 Å². The highest BCUT2D eigenvalue weighted by Crippen LogP contribution is 2.31. The highest BCUT2D eigenvalue weighted by atomic mass is 15.3. The van der Waals surface area contributed by atoms with Crippen LogP contribution < -0.4 is 5.73 Å². The number of nitrogens with two attached hydrogens (primary N) is 1. The van der Waals surface area contributed by atoms with E-state index in [1.54, 1.807) is 0 Å². The lowest BCUT2D eigenvalue weighted by Crippen LogP contribution is -2.03. The molecule has 0 amide bonds. The third-order valence-electron chi connectivity index (χ3n) is 2.64. The van der Waals surface area contributed by atoms with Crippen molar-refractivity contribution in [1.29, 1.82) is 0 Å². The fourth-order valence-corrected chi connectivity index (χ4v) is 1.65. The lowest BCUT2D eigenvalue weighted by molar-refractivity contribution is 0.576. The van der Waals surface area contributed by atoms with Gasteiger partial charge in [-0.3, -0.25) is 0 Å². The molecule has 0 aliphatic heterocycles. The molecule has 0 atom stereocenters. The molecule has 14 heavy (non-hydrogen) atoms. The van der Waals surface area contributed by atoms with Crippen molar-refractivity contribution in [3.05, 3.63) is 18.3 Å². The first-order valence-corrected chi connectivity index (χ1v) is 4.91. The molecule has 4 nitrogen and oxygen atoms in total. The number of hydrogen-bond donors (Lipinski definition) is 1. The molecule has 0 saturated heterocycles. The van der Waals surface area contributed by atoms with Crippen molar-refractivity contribution in [3.63, 3.8) is 0 Å². The van der Waals surface area contributed by atoms with Gasteiger partial charge in [-0.1, -0.05) is 0 Å². The van der Waals surface area contributed by atoms with Crippen LogP contribution in [0.5, 0.6) is 0 Å². The van der Waals surface area contributed by atoms with Crippen molar-refractivity contribution in [2.75, 3.05) is 5.73 Å². The van der Waals surface area contributed by atoms with Crippen LogP contribution in [0.1, 0.15) is 12.8 Å². The van der Waals surface area contributed by atoms with E-state index in [1.807, 2.05) is 23.0 Å². The van der Waals surface area contributed by atoms with E-state index < -0.39 is 0 Å². The second-order valence-corrected chi connectivity index (χ2v) is 3.92. The lowest BCUT2D eigenvalue weighted by Gasteiger charge is -2.00. The predicted octanol–water partition coefficient (Wildman–Crippen LogP) is 1.42.